The second-order valence-corrected chi connectivity index (χ2v) is 5.83. The minimum absolute atomic E-state index is 0.245. The minimum atomic E-state index is -0.245. The zero-order valence-electron chi connectivity index (χ0n) is 11.0. The van der Waals surface area contributed by atoms with E-state index in [9.17, 15) is 5.11 Å². The fourth-order valence-corrected chi connectivity index (χ4v) is 2.87. The largest absolute Gasteiger partial charge is 0.388 e. The van der Waals surface area contributed by atoms with Crippen LogP contribution < -0.4 is 0 Å². The minimum Gasteiger partial charge on any atom is -0.388 e. The van der Waals surface area contributed by atoms with Gasteiger partial charge in [0.25, 0.3) is 0 Å². The van der Waals surface area contributed by atoms with Crippen LogP contribution in [0.4, 0.5) is 0 Å². The second kappa shape index (κ2) is 5.68. The van der Waals surface area contributed by atoms with Gasteiger partial charge in [-0.2, -0.15) is 0 Å². The Kier molecular flexibility index (Phi) is 4.22. The summed E-state index contributed by atoms with van der Waals surface area (Å²) in [6, 6.07) is 8.57. The van der Waals surface area contributed by atoms with Crippen molar-refractivity contribution in [2.45, 2.75) is 52.1 Å². The van der Waals surface area contributed by atoms with E-state index >= 15 is 0 Å². The van der Waals surface area contributed by atoms with Crippen LogP contribution in [0.15, 0.2) is 24.3 Å². The number of hydrogen-bond acceptors (Lipinski definition) is 1. The number of hydrogen-bond donors (Lipinski definition) is 1. The molecule has 0 radical (unpaired) electrons. The average molecular weight is 232 g/mol. The summed E-state index contributed by atoms with van der Waals surface area (Å²) in [7, 11) is 0. The van der Waals surface area contributed by atoms with Crippen molar-refractivity contribution in [2.75, 3.05) is 0 Å². The normalized spacial score (nSPS) is 18.8. The van der Waals surface area contributed by atoms with Gasteiger partial charge in [0.05, 0.1) is 6.10 Å². The summed E-state index contributed by atoms with van der Waals surface area (Å²) in [5.41, 5.74) is 2.48. The number of benzene rings is 1. The van der Waals surface area contributed by atoms with E-state index in [0.717, 1.165) is 12.0 Å². The molecule has 0 amide bonds. The van der Waals surface area contributed by atoms with E-state index < -0.39 is 0 Å². The van der Waals surface area contributed by atoms with Crippen molar-refractivity contribution in [3.8, 4) is 0 Å². The molecule has 1 heteroatoms. The number of rotatable bonds is 4. The smallest absolute Gasteiger partial charge is 0.0818 e. The topological polar surface area (TPSA) is 20.2 Å². The summed E-state index contributed by atoms with van der Waals surface area (Å²) in [6.45, 7) is 4.47. The molecule has 0 heterocycles. The summed E-state index contributed by atoms with van der Waals surface area (Å²) in [5, 5.41) is 10.3. The maximum absolute atomic E-state index is 10.3. The number of aliphatic hydroxyl groups is 1. The quantitative estimate of drug-likeness (QED) is 0.828. The predicted molar refractivity (Wildman–Crippen MR) is 71.9 cm³/mol. The molecule has 1 aromatic carbocycles. The Labute approximate surface area is 105 Å². The third-order valence-electron chi connectivity index (χ3n) is 3.81. The van der Waals surface area contributed by atoms with Gasteiger partial charge in [-0.05, 0) is 42.2 Å². The van der Waals surface area contributed by atoms with Crippen molar-refractivity contribution in [3.63, 3.8) is 0 Å². The molecule has 94 valence electrons. The highest BCUT2D eigenvalue weighted by atomic mass is 16.3. The van der Waals surface area contributed by atoms with Crippen molar-refractivity contribution >= 4 is 0 Å². The first-order chi connectivity index (χ1) is 8.16. The second-order valence-electron chi connectivity index (χ2n) is 5.83. The van der Waals surface area contributed by atoms with Crippen molar-refractivity contribution < 1.29 is 5.11 Å². The van der Waals surface area contributed by atoms with E-state index in [1.165, 1.54) is 31.2 Å². The Morgan fingerprint density at radius 1 is 1.12 bits per heavy atom. The molecular formula is C16H24O. The molecule has 1 nitrogen and oxygen atoms in total. The molecule has 1 unspecified atom stereocenters. The summed E-state index contributed by atoms with van der Waals surface area (Å²) >= 11 is 0. The third kappa shape index (κ3) is 3.32. The molecule has 1 aromatic rings. The Morgan fingerprint density at radius 3 is 2.24 bits per heavy atom. The fourth-order valence-electron chi connectivity index (χ4n) is 2.87. The lowest BCUT2D eigenvalue weighted by Crippen LogP contribution is -2.08. The van der Waals surface area contributed by atoms with Crippen LogP contribution in [0.5, 0.6) is 0 Å². The zero-order chi connectivity index (χ0) is 12.3. The van der Waals surface area contributed by atoms with Gasteiger partial charge in [0, 0.05) is 0 Å². The Balaban J connectivity index is 2.01. The van der Waals surface area contributed by atoms with Crippen molar-refractivity contribution in [1.29, 1.82) is 0 Å². The first-order valence-corrected chi connectivity index (χ1v) is 6.93. The van der Waals surface area contributed by atoms with Crippen molar-refractivity contribution in [3.05, 3.63) is 35.4 Å². The third-order valence-corrected chi connectivity index (χ3v) is 3.81. The molecule has 17 heavy (non-hydrogen) atoms. The summed E-state index contributed by atoms with van der Waals surface area (Å²) in [4.78, 5) is 0. The van der Waals surface area contributed by atoms with Gasteiger partial charge in [0.1, 0.15) is 0 Å². The zero-order valence-corrected chi connectivity index (χ0v) is 11.0. The van der Waals surface area contributed by atoms with Crippen molar-refractivity contribution in [1.82, 2.24) is 0 Å². The SMILES string of the molecule is CC(C)Cc1ccc(C(O)C2CCCC2)cc1. The lowest BCUT2D eigenvalue weighted by Gasteiger charge is -2.18. The highest BCUT2D eigenvalue weighted by Gasteiger charge is 2.24. The monoisotopic (exact) mass is 232 g/mol. The van der Waals surface area contributed by atoms with Crippen LogP contribution in [0.2, 0.25) is 0 Å². The van der Waals surface area contributed by atoms with Crippen LogP contribution in [0, 0.1) is 11.8 Å². The molecule has 1 N–H and O–H groups in total. The summed E-state index contributed by atoms with van der Waals surface area (Å²) < 4.78 is 0. The molecule has 0 bridgehead atoms. The highest BCUT2D eigenvalue weighted by molar-refractivity contribution is 5.25. The molecule has 0 aromatic heterocycles. The van der Waals surface area contributed by atoms with Crippen LogP contribution >= 0.6 is 0 Å². The van der Waals surface area contributed by atoms with Crippen LogP contribution in [0.1, 0.15) is 56.8 Å². The standard InChI is InChI=1S/C16H24O/c1-12(2)11-13-7-9-15(10-8-13)16(17)14-5-3-4-6-14/h7-10,12,14,16-17H,3-6,11H2,1-2H3. The molecule has 2 rings (SSSR count). The molecule has 1 aliphatic carbocycles. The maximum atomic E-state index is 10.3. The molecule has 1 saturated carbocycles. The Bertz CT molecular complexity index is 333. The molecule has 0 spiro atoms. The van der Waals surface area contributed by atoms with Gasteiger partial charge in [0.2, 0.25) is 0 Å². The maximum Gasteiger partial charge on any atom is 0.0818 e. The van der Waals surface area contributed by atoms with E-state index in [4.69, 9.17) is 0 Å². The number of aliphatic hydroxyl groups excluding tert-OH is 1. The van der Waals surface area contributed by atoms with E-state index in [1.54, 1.807) is 0 Å². The van der Waals surface area contributed by atoms with Gasteiger partial charge in [-0.15, -0.1) is 0 Å². The molecule has 0 saturated heterocycles. The first-order valence-electron chi connectivity index (χ1n) is 6.93. The van der Waals surface area contributed by atoms with Crippen molar-refractivity contribution in [2.24, 2.45) is 11.8 Å². The van der Waals surface area contributed by atoms with Crippen LogP contribution in [-0.2, 0) is 6.42 Å². The highest BCUT2D eigenvalue weighted by Crippen LogP contribution is 2.35. The van der Waals surface area contributed by atoms with E-state index in [2.05, 4.69) is 38.1 Å². The van der Waals surface area contributed by atoms with Gasteiger partial charge in [-0.1, -0.05) is 51.0 Å². The van der Waals surface area contributed by atoms with Gasteiger partial charge >= 0.3 is 0 Å². The molecule has 1 fully saturated rings. The Morgan fingerprint density at radius 2 is 1.71 bits per heavy atom. The summed E-state index contributed by atoms with van der Waals surface area (Å²) in [5.74, 6) is 1.19. The predicted octanol–water partition coefficient (Wildman–Crippen LogP) is 4.11. The van der Waals surface area contributed by atoms with Crippen LogP contribution in [0.25, 0.3) is 0 Å². The van der Waals surface area contributed by atoms with Gasteiger partial charge in [-0.25, -0.2) is 0 Å². The molecule has 1 atom stereocenters. The van der Waals surface area contributed by atoms with Crippen LogP contribution in [0.3, 0.4) is 0 Å². The molecule has 0 aliphatic heterocycles. The summed E-state index contributed by atoms with van der Waals surface area (Å²) in [6.07, 6.45) is 5.83. The van der Waals surface area contributed by atoms with E-state index in [-0.39, 0.29) is 6.10 Å². The van der Waals surface area contributed by atoms with Gasteiger partial charge < -0.3 is 5.11 Å². The molecular weight excluding hydrogens is 208 g/mol. The van der Waals surface area contributed by atoms with E-state index in [0.29, 0.717) is 11.8 Å². The van der Waals surface area contributed by atoms with Gasteiger partial charge in [0.15, 0.2) is 0 Å². The van der Waals surface area contributed by atoms with Crippen LogP contribution in [-0.4, -0.2) is 5.11 Å². The fraction of sp³-hybridized carbons (Fsp3) is 0.625. The average Bonchev–Trinajstić information content (AvgIpc) is 2.82. The first kappa shape index (κ1) is 12.6. The van der Waals surface area contributed by atoms with Gasteiger partial charge in [-0.3, -0.25) is 0 Å². The Hall–Kier alpha value is -0.820. The molecule has 1 aliphatic rings. The lowest BCUT2D eigenvalue weighted by molar-refractivity contribution is 0.111. The van der Waals surface area contributed by atoms with E-state index in [1.807, 2.05) is 0 Å². The lowest BCUT2D eigenvalue weighted by atomic mass is 9.93.